The standard InChI is InChI=1S/C16H23N3O4S/c1-3-10-24(22,23)11(2)15(20)17-12-4-6-13(7-5-12)18-16(21)19-14-8-9-14/h4-7,11,14H,3,8-10H2,1-2H3,(H,17,20)(H2,18,19,21). The summed E-state index contributed by atoms with van der Waals surface area (Å²) >= 11 is 0. The van der Waals surface area contributed by atoms with E-state index in [-0.39, 0.29) is 17.8 Å². The van der Waals surface area contributed by atoms with Crippen molar-refractivity contribution in [1.82, 2.24) is 5.32 Å². The molecule has 0 heterocycles. The third-order valence-corrected chi connectivity index (χ3v) is 5.99. The van der Waals surface area contributed by atoms with Crippen LogP contribution in [0.1, 0.15) is 33.1 Å². The summed E-state index contributed by atoms with van der Waals surface area (Å²) in [7, 11) is -3.44. The Balaban J connectivity index is 1.90. The number of urea groups is 1. The van der Waals surface area contributed by atoms with Crippen LogP contribution in [0, 0.1) is 0 Å². The molecule has 2 rings (SSSR count). The molecule has 132 valence electrons. The lowest BCUT2D eigenvalue weighted by Gasteiger charge is -2.13. The highest BCUT2D eigenvalue weighted by Gasteiger charge is 2.27. The largest absolute Gasteiger partial charge is 0.335 e. The van der Waals surface area contributed by atoms with Gasteiger partial charge in [-0.3, -0.25) is 4.79 Å². The van der Waals surface area contributed by atoms with Crippen molar-refractivity contribution in [2.45, 2.75) is 44.4 Å². The van der Waals surface area contributed by atoms with Gasteiger partial charge in [-0.25, -0.2) is 13.2 Å². The first-order chi connectivity index (χ1) is 11.3. The van der Waals surface area contributed by atoms with Crippen LogP contribution in [-0.2, 0) is 14.6 Å². The lowest BCUT2D eigenvalue weighted by molar-refractivity contribution is -0.115. The van der Waals surface area contributed by atoms with E-state index in [1.165, 1.54) is 6.92 Å². The summed E-state index contributed by atoms with van der Waals surface area (Å²) in [5.41, 5.74) is 1.07. The molecule has 1 fully saturated rings. The molecule has 0 aromatic heterocycles. The molecule has 1 atom stereocenters. The summed E-state index contributed by atoms with van der Waals surface area (Å²) in [4.78, 5) is 23.7. The fourth-order valence-electron chi connectivity index (χ4n) is 2.09. The summed E-state index contributed by atoms with van der Waals surface area (Å²) < 4.78 is 23.8. The summed E-state index contributed by atoms with van der Waals surface area (Å²) in [5, 5.41) is 6.99. The van der Waals surface area contributed by atoms with Crippen molar-refractivity contribution in [2.24, 2.45) is 0 Å². The SMILES string of the molecule is CCCS(=O)(=O)C(C)C(=O)Nc1ccc(NC(=O)NC2CC2)cc1. The van der Waals surface area contributed by atoms with Crippen LogP contribution in [-0.4, -0.2) is 37.4 Å². The Morgan fingerprint density at radius 1 is 1.12 bits per heavy atom. The zero-order valence-corrected chi connectivity index (χ0v) is 14.7. The molecule has 0 aliphatic heterocycles. The number of hydrogen-bond donors (Lipinski definition) is 3. The highest BCUT2D eigenvalue weighted by molar-refractivity contribution is 7.92. The number of rotatable bonds is 7. The van der Waals surface area contributed by atoms with Crippen LogP contribution >= 0.6 is 0 Å². The summed E-state index contributed by atoms with van der Waals surface area (Å²) in [5.74, 6) is -0.573. The maximum Gasteiger partial charge on any atom is 0.319 e. The number of carbonyl (C=O) groups excluding carboxylic acids is 2. The second kappa shape index (κ2) is 7.65. The van der Waals surface area contributed by atoms with Gasteiger partial charge in [0.05, 0.1) is 5.75 Å². The minimum atomic E-state index is -3.44. The molecular formula is C16H23N3O4S. The maximum atomic E-state index is 12.1. The molecule has 1 aliphatic carbocycles. The van der Waals surface area contributed by atoms with Gasteiger partial charge in [0.25, 0.3) is 0 Å². The van der Waals surface area contributed by atoms with E-state index in [9.17, 15) is 18.0 Å². The monoisotopic (exact) mass is 353 g/mol. The van der Waals surface area contributed by atoms with E-state index >= 15 is 0 Å². The Hall–Kier alpha value is -2.09. The zero-order chi connectivity index (χ0) is 17.7. The quantitative estimate of drug-likeness (QED) is 0.698. The Kier molecular flexibility index (Phi) is 5.82. The van der Waals surface area contributed by atoms with E-state index < -0.39 is 21.0 Å². The molecule has 3 N–H and O–H groups in total. The Labute approximate surface area is 142 Å². The van der Waals surface area contributed by atoms with Crippen molar-refractivity contribution >= 4 is 33.2 Å². The molecule has 0 bridgehead atoms. The Morgan fingerprint density at radius 2 is 1.67 bits per heavy atom. The zero-order valence-electron chi connectivity index (χ0n) is 13.8. The third kappa shape index (κ3) is 5.23. The average molecular weight is 353 g/mol. The van der Waals surface area contributed by atoms with Crippen LogP contribution in [0.2, 0.25) is 0 Å². The van der Waals surface area contributed by atoms with Gasteiger partial charge in [0.15, 0.2) is 9.84 Å². The van der Waals surface area contributed by atoms with E-state index in [1.54, 1.807) is 31.2 Å². The lowest BCUT2D eigenvalue weighted by atomic mass is 10.2. The molecular weight excluding hydrogens is 330 g/mol. The summed E-state index contributed by atoms with van der Waals surface area (Å²) in [6, 6.07) is 6.54. The molecule has 0 radical (unpaired) electrons. The van der Waals surface area contributed by atoms with E-state index in [2.05, 4.69) is 16.0 Å². The van der Waals surface area contributed by atoms with E-state index in [1.807, 2.05) is 0 Å². The Bertz CT molecular complexity index is 697. The van der Waals surface area contributed by atoms with Crippen LogP contribution in [0.4, 0.5) is 16.2 Å². The molecule has 24 heavy (non-hydrogen) atoms. The van der Waals surface area contributed by atoms with Gasteiger partial charge in [-0.1, -0.05) is 6.92 Å². The number of carbonyl (C=O) groups is 2. The molecule has 1 aromatic rings. The molecule has 0 spiro atoms. The average Bonchev–Trinajstić information content (AvgIpc) is 3.32. The van der Waals surface area contributed by atoms with Crippen molar-refractivity contribution in [1.29, 1.82) is 0 Å². The number of hydrogen-bond acceptors (Lipinski definition) is 4. The molecule has 0 saturated heterocycles. The van der Waals surface area contributed by atoms with Crippen LogP contribution in [0.15, 0.2) is 24.3 Å². The number of anilines is 2. The third-order valence-electron chi connectivity index (χ3n) is 3.72. The minimum absolute atomic E-state index is 0.0133. The first-order valence-corrected chi connectivity index (χ1v) is 9.73. The van der Waals surface area contributed by atoms with E-state index in [4.69, 9.17) is 0 Å². The molecule has 1 unspecified atom stereocenters. The van der Waals surface area contributed by atoms with Gasteiger partial charge in [0.1, 0.15) is 5.25 Å². The topological polar surface area (TPSA) is 104 Å². The lowest BCUT2D eigenvalue weighted by Crippen LogP contribution is -2.34. The normalized spacial score (nSPS) is 15.4. The van der Waals surface area contributed by atoms with Crippen molar-refractivity contribution in [2.75, 3.05) is 16.4 Å². The van der Waals surface area contributed by atoms with Gasteiger partial charge in [-0.15, -0.1) is 0 Å². The second-order valence-electron chi connectivity index (χ2n) is 5.95. The van der Waals surface area contributed by atoms with Gasteiger partial charge in [0, 0.05) is 17.4 Å². The summed E-state index contributed by atoms with van der Waals surface area (Å²) in [6.07, 6.45) is 2.50. The van der Waals surface area contributed by atoms with Crippen LogP contribution in [0.5, 0.6) is 0 Å². The fourth-order valence-corrected chi connectivity index (χ4v) is 3.39. The van der Waals surface area contributed by atoms with Crippen molar-refractivity contribution < 1.29 is 18.0 Å². The van der Waals surface area contributed by atoms with Gasteiger partial charge in [-0.2, -0.15) is 0 Å². The predicted molar refractivity (Wildman–Crippen MR) is 93.8 cm³/mol. The highest BCUT2D eigenvalue weighted by atomic mass is 32.2. The number of nitrogens with one attached hydrogen (secondary N) is 3. The van der Waals surface area contributed by atoms with E-state index in [0.717, 1.165) is 12.8 Å². The first-order valence-electron chi connectivity index (χ1n) is 8.02. The predicted octanol–water partition coefficient (Wildman–Crippen LogP) is 2.12. The van der Waals surface area contributed by atoms with Gasteiger partial charge < -0.3 is 16.0 Å². The minimum Gasteiger partial charge on any atom is -0.335 e. The smallest absolute Gasteiger partial charge is 0.319 e. The second-order valence-corrected chi connectivity index (χ2v) is 8.39. The number of sulfone groups is 1. The van der Waals surface area contributed by atoms with Gasteiger partial charge >= 0.3 is 6.03 Å². The fraction of sp³-hybridized carbons (Fsp3) is 0.500. The highest BCUT2D eigenvalue weighted by Crippen LogP contribution is 2.19. The maximum absolute atomic E-state index is 12.1. The van der Waals surface area contributed by atoms with Crippen LogP contribution in [0.3, 0.4) is 0 Å². The van der Waals surface area contributed by atoms with Gasteiger partial charge in [-0.05, 0) is 50.5 Å². The van der Waals surface area contributed by atoms with Crippen molar-refractivity contribution in [3.63, 3.8) is 0 Å². The first kappa shape index (κ1) is 18.3. The van der Waals surface area contributed by atoms with Crippen LogP contribution < -0.4 is 16.0 Å². The van der Waals surface area contributed by atoms with E-state index in [0.29, 0.717) is 17.8 Å². The molecule has 1 aliphatic rings. The Morgan fingerprint density at radius 3 is 2.17 bits per heavy atom. The van der Waals surface area contributed by atoms with Crippen molar-refractivity contribution in [3.8, 4) is 0 Å². The molecule has 8 heteroatoms. The molecule has 3 amide bonds. The van der Waals surface area contributed by atoms with Crippen LogP contribution in [0.25, 0.3) is 0 Å². The molecule has 7 nitrogen and oxygen atoms in total. The molecule has 1 aromatic carbocycles. The number of amides is 3. The number of benzene rings is 1. The van der Waals surface area contributed by atoms with Gasteiger partial charge in [0.2, 0.25) is 5.91 Å². The van der Waals surface area contributed by atoms with Crippen molar-refractivity contribution in [3.05, 3.63) is 24.3 Å². The summed E-state index contributed by atoms with van der Waals surface area (Å²) in [6.45, 7) is 3.14. The molecule has 1 saturated carbocycles.